The van der Waals surface area contributed by atoms with Crippen molar-refractivity contribution >= 4 is 0 Å². The second-order valence-electron chi connectivity index (χ2n) is 0.974. The number of hydrogen-bond acceptors (Lipinski definition) is 2. The van der Waals surface area contributed by atoms with E-state index < -0.39 is 0 Å². The zero-order valence-corrected chi connectivity index (χ0v) is 3.68. The molecule has 0 aliphatic heterocycles. The highest BCUT2D eigenvalue weighted by Crippen LogP contribution is 1.88. The van der Waals surface area contributed by atoms with Crippen LogP contribution in [0.5, 0.6) is 0 Å². The standard InChI is InChI=1S/C4H8O2/c1-2-4(6)3-5/h3,5-6H,2H2,1H3. The number of allylic oxidation sites excluding steroid dienone is 1. The Balaban J connectivity index is 3.22. The summed E-state index contributed by atoms with van der Waals surface area (Å²) in [5.74, 6) is 0.0231. The first-order valence-corrected chi connectivity index (χ1v) is 1.83. The minimum atomic E-state index is 0.0231. The second-order valence-corrected chi connectivity index (χ2v) is 0.974. The molecule has 0 atom stereocenters. The van der Waals surface area contributed by atoms with Crippen LogP contribution in [0.2, 0.25) is 0 Å². The third kappa shape index (κ3) is 1.64. The topological polar surface area (TPSA) is 40.5 Å². The molecule has 0 spiro atoms. The summed E-state index contributed by atoms with van der Waals surface area (Å²) in [5.41, 5.74) is 0. The van der Waals surface area contributed by atoms with Gasteiger partial charge < -0.3 is 10.2 Å². The molecule has 0 rings (SSSR count). The van der Waals surface area contributed by atoms with Gasteiger partial charge in [0.1, 0.15) is 12.0 Å². The van der Waals surface area contributed by atoms with Crippen molar-refractivity contribution in [3.05, 3.63) is 12.0 Å². The summed E-state index contributed by atoms with van der Waals surface area (Å²) < 4.78 is 0. The van der Waals surface area contributed by atoms with Crippen molar-refractivity contribution < 1.29 is 10.2 Å². The molecular weight excluding hydrogens is 80.0 g/mol. The van der Waals surface area contributed by atoms with E-state index >= 15 is 0 Å². The summed E-state index contributed by atoms with van der Waals surface area (Å²) in [7, 11) is 0. The molecule has 0 fully saturated rings. The molecule has 0 aliphatic carbocycles. The summed E-state index contributed by atoms with van der Waals surface area (Å²) in [5, 5.41) is 16.2. The highest BCUT2D eigenvalue weighted by molar-refractivity contribution is 4.79. The lowest BCUT2D eigenvalue weighted by Gasteiger charge is -1.83. The largest absolute Gasteiger partial charge is 0.512 e. The average Bonchev–Trinajstić information content (AvgIpc) is 1.65. The van der Waals surface area contributed by atoms with Crippen LogP contribution in [0.4, 0.5) is 0 Å². The first-order chi connectivity index (χ1) is 2.81. The van der Waals surface area contributed by atoms with E-state index in [9.17, 15) is 0 Å². The van der Waals surface area contributed by atoms with Crippen LogP contribution >= 0.6 is 0 Å². The maximum absolute atomic E-state index is 8.28. The predicted octanol–water partition coefficient (Wildman–Crippen LogP) is 1.35. The fraction of sp³-hybridized carbons (Fsp3) is 0.500. The van der Waals surface area contributed by atoms with Gasteiger partial charge in [-0.05, 0) is 0 Å². The Kier molecular flexibility index (Phi) is 2.29. The lowest BCUT2D eigenvalue weighted by molar-refractivity contribution is 0.348. The third-order valence-electron chi connectivity index (χ3n) is 0.511. The van der Waals surface area contributed by atoms with E-state index in [-0.39, 0.29) is 5.76 Å². The predicted molar refractivity (Wildman–Crippen MR) is 23.6 cm³/mol. The van der Waals surface area contributed by atoms with Crippen LogP contribution in [0.3, 0.4) is 0 Å². The van der Waals surface area contributed by atoms with Crippen LogP contribution in [0, 0.1) is 0 Å². The molecule has 0 bridgehead atoms. The van der Waals surface area contributed by atoms with Gasteiger partial charge in [-0.1, -0.05) is 6.92 Å². The first-order valence-electron chi connectivity index (χ1n) is 1.83. The second kappa shape index (κ2) is 2.57. The molecular formula is C4H8O2. The lowest BCUT2D eigenvalue weighted by atomic mass is 10.4. The molecule has 0 amide bonds. The number of aliphatic hydroxyl groups excluding tert-OH is 2. The average molecular weight is 88.1 g/mol. The fourth-order valence-corrected chi connectivity index (χ4v) is 0.0913. The molecule has 0 aromatic carbocycles. The van der Waals surface area contributed by atoms with Crippen molar-refractivity contribution in [1.82, 2.24) is 0 Å². The van der Waals surface area contributed by atoms with Crippen LogP contribution in [-0.2, 0) is 0 Å². The van der Waals surface area contributed by atoms with E-state index in [1.54, 1.807) is 6.92 Å². The zero-order valence-electron chi connectivity index (χ0n) is 3.68. The van der Waals surface area contributed by atoms with Crippen LogP contribution in [-0.4, -0.2) is 10.2 Å². The van der Waals surface area contributed by atoms with Gasteiger partial charge >= 0.3 is 0 Å². The number of hydrogen-bond donors (Lipinski definition) is 2. The van der Waals surface area contributed by atoms with Crippen LogP contribution in [0.1, 0.15) is 13.3 Å². The molecule has 0 radical (unpaired) electrons. The Morgan fingerprint density at radius 1 is 1.83 bits per heavy atom. The molecule has 0 aromatic heterocycles. The van der Waals surface area contributed by atoms with Crippen molar-refractivity contribution in [2.75, 3.05) is 0 Å². The first kappa shape index (κ1) is 5.34. The van der Waals surface area contributed by atoms with Crippen LogP contribution < -0.4 is 0 Å². The van der Waals surface area contributed by atoms with Crippen molar-refractivity contribution in [3.63, 3.8) is 0 Å². The maximum atomic E-state index is 8.28. The smallest absolute Gasteiger partial charge is 0.126 e. The van der Waals surface area contributed by atoms with E-state index in [4.69, 9.17) is 10.2 Å². The molecule has 0 aromatic rings. The monoisotopic (exact) mass is 88.1 g/mol. The molecule has 2 heteroatoms. The van der Waals surface area contributed by atoms with E-state index in [2.05, 4.69) is 0 Å². The van der Waals surface area contributed by atoms with E-state index in [1.165, 1.54) is 0 Å². The molecule has 0 unspecified atom stereocenters. The third-order valence-corrected chi connectivity index (χ3v) is 0.511. The summed E-state index contributed by atoms with van der Waals surface area (Å²) in [6.07, 6.45) is 1.19. The van der Waals surface area contributed by atoms with Crippen LogP contribution in [0.15, 0.2) is 12.0 Å². The molecule has 36 valence electrons. The molecule has 0 aliphatic rings. The SMILES string of the molecule is CCC(O)=CO. The lowest BCUT2D eigenvalue weighted by Crippen LogP contribution is -1.72. The van der Waals surface area contributed by atoms with Gasteiger partial charge in [-0.25, -0.2) is 0 Å². The fourth-order valence-electron chi connectivity index (χ4n) is 0.0913. The van der Waals surface area contributed by atoms with Gasteiger partial charge in [0.2, 0.25) is 0 Å². The van der Waals surface area contributed by atoms with Crippen molar-refractivity contribution in [2.24, 2.45) is 0 Å². The van der Waals surface area contributed by atoms with Gasteiger partial charge in [-0.2, -0.15) is 0 Å². The van der Waals surface area contributed by atoms with Gasteiger partial charge in [-0.15, -0.1) is 0 Å². The van der Waals surface area contributed by atoms with Crippen molar-refractivity contribution in [1.29, 1.82) is 0 Å². The quantitative estimate of drug-likeness (QED) is 0.475. The molecule has 0 heterocycles. The Labute approximate surface area is 36.7 Å². The minimum Gasteiger partial charge on any atom is -0.512 e. The van der Waals surface area contributed by atoms with E-state index in [1.807, 2.05) is 0 Å². The summed E-state index contributed by atoms with van der Waals surface area (Å²) in [6, 6.07) is 0. The van der Waals surface area contributed by atoms with Crippen molar-refractivity contribution in [3.8, 4) is 0 Å². The zero-order chi connectivity index (χ0) is 4.99. The minimum absolute atomic E-state index is 0.0231. The Hall–Kier alpha value is -0.660. The molecule has 2 nitrogen and oxygen atoms in total. The van der Waals surface area contributed by atoms with Crippen molar-refractivity contribution in [2.45, 2.75) is 13.3 Å². The molecule has 0 saturated heterocycles. The summed E-state index contributed by atoms with van der Waals surface area (Å²) in [4.78, 5) is 0. The Morgan fingerprint density at radius 3 is 2.33 bits per heavy atom. The van der Waals surface area contributed by atoms with E-state index in [0.29, 0.717) is 12.7 Å². The normalized spacial score (nSPS) is 11.8. The van der Waals surface area contributed by atoms with E-state index in [0.717, 1.165) is 0 Å². The van der Waals surface area contributed by atoms with Gasteiger partial charge in [0, 0.05) is 6.42 Å². The van der Waals surface area contributed by atoms with Gasteiger partial charge in [-0.3, -0.25) is 0 Å². The highest BCUT2D eigenvalue weighted by Gasteiger charge is 1.78. The van der Waals surface area contributed by atoms with Gasteiger partial charge in [0.05, 0.1) is 0 Å². The number of rotatable bonds is 1. The van der Waals surface area contributed by atoms with Crippen LogP contribution in [0.25, 0.3) is 0 Å². The number of aliphatic hydroxyl groups is 2. The molecule has 6 heavy (non-hydrogen) atoms. The summed E-state index contributed by atoms with van der Waals surface area (Å²) >= 11 is 0. The van der Waals surface area contributed by atoms with Gasteiger partial charge in [0.25, 0.3) is 0 Å². The summed E-state index contributed by atoms with van der Waals surface area (Å²) in [6.45, 7) is 1.75. The Bertz CT molecular complexity index is 56.6. The molecule has 0 saturated carbocycles. The van der Waals surface area contributed by atoms with Gasteiger partial charge in [0.15, 0.2) is 0 Å². The molecule has 2 N–H and O–H groups in total. The highest BCUT2D eigenvalue weighted by atomic mass is 16.3. The maximum Gasteiger partial charge on any atom is 0.126 e. The Morgan fingerprint density at radius 2 is 2.33 bits per heavy atom.